The zero-order valence-electron chi connectivity index (χ0n) is 12.6. The van der Waals surface area contributed by atoms with Gasteiger partial charge in [-0.15, -0.1) is 0 Å². The molecule has 4 nitrogen and oxygen atoms in total. The lowest BCUT2D eigenvalue weighted by atomic mass is 10.2. The summed E-state index contributed by atoms with van der Waals surface area (Å²) in [6, 6.07) is 5.24. The molecule has 0 atom stereocenters. The standard InChI is InChI=1S/C16H15Cl2NO3S2/c17-11-6-4-5-10(14(11)18)9-12-15(22)19(16(23)24-12)8-3-1-2-7-13(20)21/h4-6,9H,1-3,7-8H2,(H,20,21)/b12-9-. The fraction of sp³-hybridized carbons (Fsp3) is 0.312. The summed E-state index contributed by atoms with van der Waals surface area (Å²) < 4.78 is 0.502. The summed E-state index contributed by atoms with van der Waals surface area (Å²) >= 11 is 18.6. The molecule has 1 amide bonds. The molecule has 0 spiro atoms. The van der Waals surface area contributed by atoms with Crippen LogP contribution in [0, 0.1) is 0 Å². The van der Waals surface area contributed by atoms with Crippen molar-refractivity contribution in [1.29, 1.82) is 0 Å². The van der Waals surface area contributed by atoms with Crippen molar-refractivity contribution in [3.05, 3.63) is 38.7 Å². The molecule has 0 radical (unpaired) electrons. The number of nitrogens with zero attached hydrogens (tertiary/aromatic N) is 1. The number of carboxylic acid groups (broad SMARTS) is 1. The monoisotopic (exact) mass is 403 g/mol. The van der Waals surface area contributed by atoms with Gasteiger partial charge in [-0.2, -0.15) is 0 Å². The molecule has 128 valence electrons. The van der Waals surface area contributed by atoms with E-state index >= 15 is 0 Å². The topological polar surface area (TPSA) is 57.6 Å². The van der Waals surface area contributed by atoms with Crippen molar-refractivity contribution in [3.8, 4) is 0 Å². The summed E-state index contributed by atoms with van der Waals surface area (Å²) in [5.74, 6) is -0.957. The third-order valence-corrected chi connectivity index (χ3v) is 5.63. The van der Waals surface area contributed by atoms with Gasteiger partial charge in [0.2, 0.25) is 0 Å². The number of unbranched alkanes of at least 4 members (excludes halogenated alkanes) is 2. The van der Waals surface area contributed by atoms with Gasteiger partial charge in [0, 0.05) is 13.0 Å². The number of benzene rings is 1. The molecule has 1 aliphatic rings. The Morgan fingerprint density at radius 2 is 2.04 bits per heavy atom. The Kier molecular flexibility index (Phi) is 7.10. The summed E-state index contributed by atoms with van der Waals surface area (Å²) in [6.07, 6.45) is 3.88. The second-order valence-corrected chi connectivity index (χ2v) is 7.64. The van der Waals surface area contributed by atoms with Crippen LogP contribution in [0.15, 0.2) is 23.1 Å². The van der Waals surface area contributed by atoms with Crippen LogP contribution in [0.5, 0.6) is 0 Å². The van der Waals surface area contributed by atoms with Crippen LogP contribution >= 0.6 is 47.2 Å². The average molecular weight is 404 g/mol. The van der Waals surface area contributed by atoms with Crippen molar-refractivity contribution >= 4 is 69.5 Å². The van der Waals surface area contributed by atoms with Gasteiger partial charge in [0.15, 0.2) is 0 Å². The number of carbonyl (C=O) groups is 2. The first-order valence-electron chi connectivity index (χ1n) is 7.31. The Hall–Kier alpha value is -1.08. The summed E-state index contributed by atoms with van der Waals surface area (Å²) in [6.45, 7) is 0.491. The Morgan fingerprint density at radius 3 is 2.75 bits per heavy atom. The minimum absolute atomic E-state index is 0.144. The zero-order chi connectivity index (χ0) is 17.7. The van der Waals surface area contributed by atoms with Gasteiger partial charge < -0.3 is 5.11 Å². The van der Waals surface area contributed by atoms with Crippen LogP contribution in [0.4, 0.5) is 0 Å². The number of amides is 1. The molecule has 1 fully saturated rings. The Morgan fingerprint density at radius 1 is 1.29 bits per heavy atom. The second kappa shape index (κ2) is 8.85. The molecule has 2 rings (SSSR count). The number of thioether (sulfide) groups is 1. The van der Waals surface area contributed by atoms with Crippen LogP contribution in [0.2, 0.25) is 10.0 Å². The highest BCUT2D eigenvalue weighted by molar-refractivity contribution is 8.26. The van der Waals surface area contributed by atoms with E-state index in [1.807, 2.05) is 0 Å². The molecule has 1 heterocycles. The van der Waals surface area contributed by atoms with Crippen molar-refractivity contribution in [2.24, 2.45) is 0 Å². The maximum Gasteiger partial charge on any atom is 0.303 e. The van der Waals surface area contributed by atoms with Crippen molar-refractivity contribution in [1.82, 2.24) is 4.90 Å². The normalized spacial score (nSPS) is 16.2. The van der Waals surface area contributed by atoms with Crippen molar-refractivity contribution in [3.63, 3.8) is 0 Å². The van der Waals surface area contributed by atoms with E-state index in [9.17, 15) is 9.59 Å². The van der Waals surface area contributed by atoms with Crippen molar-refractivity contribution < 1.29 is 14.7 Å². The SMILES string of the molecule is O=C(O)CCCCCN1C(=O)/C(=C/c2cccc(Cl)c2Cl)SC1=S. The lowest BCUT2D eigenvalue weighted by molar-refractivity contribution is -0.137. The molecule has 8 heteroatoms. The molecule has 24 heavy (non-hydrogen) atoms. The van der Waals surface area contributed by atoms with Gasteiger partial charge in [-0.1, -0.05) is 65.7 Å². The molecule has 1 N–H and O–H groups in total. The highest BCUT2D eigenvalue weighted by atomic mass is 35.5. The molecule has 0 saturated carbocycles. The molecule has 0 unspecified atom stereocenters. The van der Waals surface area contributed by atoms with E-state index in [4.69, 9.17) is 40.5 Å². The third kappa shape index (κ3) is 4.96. The third-order valence-electron chi connectivity index (χ3n) is 3.41. The van der Waals surface area contributed by atoms with Gasteiger partial charge in [0.1, 0.15) is 4.32 Å². The molecule has 1 saturated heterocycles. The number of rotatable bonds is 7. The van der Waals surface area contributed by atoms with E-state index in [0.717, 1.165) is 6.42 Å². The van der Waals surface area contributed by atoms with Crippen LogP contribution < -0.4 is 0 Å². The number of hydrogen-bond acceptors (Lipinski definition) is 4. The number of thiocarbonyl (C=S) groups is 1. The predicted octanol–water partition coefficient (Wildman–Crippen LogP) is 4.84. The average Bonchev–Trinajstić information content (AvgIpc) is 2.78. The van der Waals surface area contributed by atoms with Gasteiger partial charge in [-0.05, 0) is 30.5 Å². The fourth-order valence-corrected chi connectivity index (χ4v) is 3.85. The molecule has 1 aromatic carbocycles. The van der Waals surface area contributed by atoms with Crippen LogP contribution in [-0.4, -0.2) is 32.7 Å². The Labute approximate surface area is 159 Å². The van der Waals surface area contributed by atoms with Crippen LogP contribution in [0.3, 0.4) is 0 Å². The quantitative estimate of drug-likeness (QED) is 0.400. The molecule has 1 aliphatic heterocycles. The van der Waals surface area contributed by atoms with Crippen LogP contribution in [0.25, 0.3) is 6.08 Å². The van der Waals surface area contributed by atoms with Crippen LogP contribution in [-0.2, 0) is 9.59 Å². The van der Waals surface area contributed by atoms with E-state index in [2.05, 4.69) is 0 Å². The number of halogens is 2. The number of aliphatic carboxylic acids is 1. The molecule has 0 bridgehead atoms. The minimum Gasteiger partial charge on any atom is -0.481 e. The Bertz CT molecular complexity index is 707. The van der Waals surface area contributed by atoms with E-state index in [1.54, 1.807) is 29.2 Å². The Balaban J connectivity index is 1.99. The van der Waals surface area contributed by atoms with Crippen molar-refractivity contribution in [2.75, 3.05) is 6.54 Å². The first-order chi connectivity index (χ1) is 11.4. The van der Waals surface area contributed by atoms with Crippen molar-refractivity contribution in [2.45, 2.75) is 25.7 Å². The molecule has 0 aliphatic carbocycles. The second-order valence-electron chi connectivity index (χ2n) is 5.18. The largest absolute Gasteiger partial charge is 0.481 e. The summed E-state index contributed by atoms with van der Waals surface area (Å²) in [7, 11) is 0. The summed E-state index contributed by atoms with van der Waals surface area (Å²) in [5.41, 5.74) is 0.672. The molecule has 0 aromatic heterocycles. The first-order valence-corrected chi connectivity index (χ1v) is 9.29. The maximum absolute atomic E-state index is 12.5. The van der Waals surface area contributed by atoms with Gasteiger partial charge >= 0.3 is 5.97 Å². The number of carbonyl (C=O) groups excluding carboxylic acids is 1. The number of carboxylic acids is 1. The van der Waals surface area contributed by atoms with Crippen LogP contribution in [0.1, 0.15) is 31.2 Å². The molecular formula is C16H15Cl2NO3S2. The highest BCUT2D eigenvalue weighted by Gasteiger charge is 2.31. The lowest BCUT2D eigenvalue weighted by Gasteiger charge is -2.13. The summed E-state index contributed by atoms with van der Waals surface area (Å²) in [5, 5.41) is 9.44. The minimum atomic E-state index is -0.804. The zero-order valence-corrected chi connectivity index (χ0v) is 15.8. The van der Waals surface area contributed by atoms with E-state index in [-0.39, 0.29) is 12.3 Å². The van der Waals surface area contributed by atoms with Gasteiger partial charge in [-0.25, -0.2) is 0 Å². The van der Waals surface area contributed by atoms with Gasteiger partial charge in [0.05, 0.1) is 15.0 Å². The molecular weight excluding hydrogens is 389 g/mol. The van der Waals surface area contributed by atoms with E-state index < -0.39 is 5.97 Å². The smallest absolute Gasteiger partial charge is 0.303 e. The summed E-state index contributed by atoms with van der Waals surface area (Å²) in [4.78, 5) is 25.0. The van der Waals surface area contributed by atoms with Gasteiger partial charge in [0.25, 0.3) is 5.91 Å². The number of hydrogen-bond donors (Lipinski definition) is 1. The lowest BCUT2D eigenvalue weighted by Crippen LogP contribution is -2.29. The molecule has 1 aromatic rings. The maximum atomic E-state index is 12.5. The van der Waals surface area contributed by atoms with Gasteiger partial charge in [-0.3, -0.25) is 14.5 Å². The highest BCUT2D eigenvalue weighted by Crippen LogP contribution is 2.35. The van der Waals surface area contributed by atoms with E-state index in [0.29, 0.717) is 44.2 Å². The predicted molar refractivity (Wildman–Crippen MR) is 102 cm³/mol. The van der Waals surface area contributed by atoms with E-state index in [1.165, 1.54) is 11.8 Å². The first kappa shape index (κ1) is 19.2. The fourth-order valence-electron chi connectivity index (χ4n) is 2.19.